The summed E-state index contributed by atoms with van der Waals surface area (Å²) in [5, 5.41) is 7.38. The molecule has 1 heterocycles. The molecular weight excluding hydrogens is 205 g/mol. The molecule has 2 aromatic rings. The van der Waals surface area contributed by atoms with Crippen molar-refractivity contribution in [3.8, 4) is 0 Å². The first-order chi connectivity index (χ1) is 7.84. The Balaban J connectivity index is 1.70. The van der Waals surface area contributed by atoms with Gasteiger partial charge < -0.3 is 5.32 Å². The van der Waals surface area contributed by atoms with Gasteiger partial charge in [-0.1, -0.05) is 12.1 Å². The fraction of sp³-hybridized carbons (Fsp3) is 0.250. The van der Waals surface area contributed by atoms with Gasteiger partial charge in [-0.05, 0) is 23.8 Å². The average Bonchev–Trinajstić information content (AvgIpc) is 2.80. The molecule has 0 saturated carbocycles. The highest BCUT2D eigenvalue weighted by Gasteiger charge is 1.94. The van der Waals surface area contributed by atoms with Crippen LogP contribution in [0.5, 0.6) is 0 Å². The van der Waals surface area contributed by atoms with E-state index in [1.165, 1.54) is 12.1 Å². The van der Waals surface area contributed by atoms with Gasteiger partial charge in [-0.2, -0.15) is 5.10 Å². The summed E-state index contributed by atoms with van der Waals surface area (Å²) in [7, 11) is 0. The van der Waals surface area contributed by atoms with Gasteiger partial charge in [-0.15, -0.1) is 0 Å². The molecule has 0 aliphatic heterocycles. The number of hydrogen-bond acceptors (Lipinski definition) is 2. The lowest BCUT2D eigenvalue weighted by atomic mass is 10.2. The van der Waals surface area contributed by atoms with E-state index in [0.29, 0.717) is 0 Å². The summed E-state index contributed by atoms with van der Waals surface area (Å²) in [6.45, 7) is 2.44. The second-order valence-electron chi connectivity index (χ2n) is 3.57. The van der Waals surface area contributed by atoms with Crippen LogP contribution in [0.25, 0.3) is 0 Å². The van der Waals surface area contributed by atoms with Crippen LogP contribution in [-0.2, 0) is 13.1 Å². The molecule has 0 spiro atoms. The molecule has 0 fully saturated rings. The predicted octanol–water partition coefficient (Wildman–Crippen LogP) is 1.81. The monoisotopic (exact) mass is 219 g/mol. The van der Waals surface area contributed by atoms with E-state index < -0.39 is 0 Å². The van der Waals surface area contributed by atoms with Crippen LogP contribution in [-0.4, -0.2) is 16.3 Å². The Hall–Kier alpha value is -1.68. The zero-order valence-electron chi connectivity index (χ0n) is 8.94. The maximum absolute atomic E-state index is 12.6. The molecule has 16 heavy (non-hydrogen) atoms. The van der Waals surface area contributed by atoms with Crippen LogP contribution in [0.2, 0.25) is 0 Å². The zero-order valence-corrected chi connectivity index (χ0v) is 8.94. The van der Waals surface area contributed by atoms with Gasteiger partial charge in [0, 0.05) is 25.5 Å². The number of hydrogen-bond donors (Lipinski definition) is 1. The summed E-state index contributed by atoms with van der Waals surface area (Å²) in [6, 6.07) is 8.43. The first-order valence-corrected chi connectivity index (χ1v) is 5.27. The number of benzene rings is 1. The zero-order chi connectivity index (χ0) is 11.2. The predicted molar refractivity (Wildman–Crippen MR) is 60.3 cm³/mol. The van der Waals surface area contributed by atoms with Gasteiger partial charge in [-0.25, -0.2) is 4.39 Å². The summed E-state index contributed by atoms with van der Waals surface area (Å²) >= 11 is 0. The smallest absolute Gasteiger partial charge is 0.123 e. The van der Waals surface area contributed by atoms with E-state index >= 15 is 0 Å². The molecule has 0 unspecified atom stereocenters. The normalized spacial score (nSPS) is 10.6. The van der Waals surface area contributed by atoms with E-state index in [2.05, 4.69) is 10.4 Å². The van der Waals surface area contributed by atoms with Gasteiger partial charge in [0.05, 0.1) is 6.54 Å². The molecule has 4 heteroatoms. The summed E-state index contributed by atoms with van der Waals surface area (Å²) in [5.41, 5.74) is 1.09. The van der Waals surface area contributed by atoms with E-state index in [4.69, 9.17) is 0 Å². The van der Waals surface area contributed by atoms with Crippen LogP contribution >= 0.6 is 0 Å². The van der Waals surface area contributed by atoms with E-state index in [1.807, 2.05) is 16.9 Å². The van der Waals surface area contributed by atoms with Crippen LogP contribution in [0.15, 0.2) is 42.7 Å². The third kappa shape index (κ3) is 3.17. The van der Waals surface area contributed by atoms with Gasteiger partial charge in [0.25, 0.3) is 0 Å². The average molecular weight is 219 g/mol. The minimum Gasteiger partial charge on any atom is -0.311 e. The Morgan fingerprint density at radius 2 is 2.06 bits per heavy atom. The van der Waals surface area contributed by atoms with Crippen molar-refractivity contribution >= 4 is 0 Å². The molecule has 0 aliphatic carbocycles. The molecule has 2 rings (SSSR count). The number of rotatable bonds is 5. The first kappa shape index (κ1) is 10.8. The van der Waals surface area contributed by atoms with Crippen molar-refractivity contribution in [1.29, 1.82) is 0 Å². The summed E-state index contributed by atoms with van der Waals surface area (Å²) < 4.78 is 14.5. The lowest BCUT2D eigenvalue weighted by Gasteiger charge is -2.05. The van der Waals surface area contributed by atoms with E-state index in [1.54, 1.807) is 18.3 Å². The maximum atomic E-state index is 12.6. The minimum absolute atomic E-state index is 0.194. The third-order valence-corrected chi connectivity index (χ3v) is 2.32. The van der Waals surface area contributed by atoms with Gasteiger partial charge in [0.2, 0.25) is 0 Å². The highest BCUT2D eigenvalue weighted by Crippen LogP contribution is 2.01. The topological polar surface area (TPSA) is 29.9 Å². The Kier molecular flexibility index (Phi) is 3.66. The molecule has 0 aliphatic rings. The van der Waals surface area contributed by atoms with Crippen molar-refractivity contribution in [3.63, 3.8) is 0 Å². The van der Waals surface area contributed by atoms with Gasteiger partial charge in [0.15, 0.2) is 0 Å². The highest BCUT2D eigenvalue weighted by molar-refractivity contribution is 5.15. The Labute approximate surface area is 93.9 Å². The largest absolute Gasteiger partial charge is 0.311 e. The van der Waals surface area contributed by atoms with Crippen molar-refractivity contribution in [2.75, 3.05) is 6.54 Å². The Bertz CT molecular complexity index is 408. The second kappa shape index (κ2) is 5.42. The molecule has 1 aromatic heterocycles. The quantitative estimate of drug-likeness (QED) is 0.777. The highest BCUT2D eigenvalue weighted by atomic mass is 19.1. The van der Waals surface area contributed by atoms with Gasteiger partial charge in [0.1, 0.15) is 5.82 Å². The molecule has 1 N–H and O–H groups in total. The van der Waals surface area contributed by atoms with Crippen molar-refractivity contribution < 1.29 is 4.39 Å². The van der Waals surface area contributed by atoms with Crippen molar-refractivity contribution in [3.05, 3.63) is 54.1 Å². The number of aromatic nitrogens is 2. The van der Waals surface area contributed by atoms with Crippen LogP contribution in [0.1, 0.15) is 5.56 Å². The van der Waals surface area contributed by atoms with Crippen LogP contribution in [0.4, 0.5) is 4.39 Å². The standard InChI is InChI=1S/C12H14FN3/c13-12-4-2-11(3-5-12)10-14-7-9-16-8-1-6-15-16/h1-6,8,14H,7,9-10H2. The van der Waals surface area contributed by atoms with Crippen LogP contribution in [0.3, 0.4) is 0 Å². The summed E-state index contributed by atoms with van der Waals surface area (Å²) in [5.74, 6) is -0.194. The lowest BCUT2D eigenvalue weighted by molar-refractivity contribution is 0.554. The van der Waals surface area contributed by atoms with Crippen molar-refractivity contribution in [1.82, 2.24) is 15.1 Å². The molecule has 3 nitrogen and oxygen atoms in total. The van der Waals surface area contributed by atoms with Gasteiger partial charge >= 0.3 is 0 Å². The maximum Gasteiger partial charge on any atom is 0.123 e. The second-order valence-corrected chi connectivity index (χ2v) is 3.57. The molecule has 0 amide bonds. The molecular formula is C12H14FN3. The van der Waals surface area contributed by atoms with E-state index in [9.17, 15) is 4.39 Å². The Morgan fingerprint density at radius 1 is 1.25 bits per heavy atom. The molecule has 0 saturated heterocycles. The van der Waals surface area contributed by atoms with E-state index in [-0.39, 0.29) is 5.82 Å². The summed E-state index contributed by atoms with van der Waals surface area (Å²) in [4.78, 5) is 0. The molecule has 1 aromatic carbocycles. The number of halogens is 1. The lowest BCUT2D eigenvalue weighted by Crippen LogP contribution is -2.19. The minimum atomic E-state index is -0.194. The van der Waals surface area contributed by atoms with E-state index in [0.717, 1.165) is 25.2 Å². The third-order valence-electron chi connectivity index (χ3n) is 2.32. The van der Waals surface area contributed by atoms with Crippen molar-refractivity contribution in [2.45, 2.75) is 13.1 Å². The molecule has 0 atom stereocenters. The van der Waals surface area contributed by atoms with Crippen molar-refractivity contribution in [2.24, 2.45) is 0 Å². The SMILES string of the molecule is Fc1ccc(CNCCn2cccn2)cc1. The first-order valence-electron chi connectivity index (χ1n) is 5.27. The fourth-order valence-electron chi connectivity index (χ4n) is 1.46. The number of nitrogens with zero attached hydrogens (tertiary/aromatic N) is 2. The molecule has 0 bridgehead atoms. The Morgan fingerprint density at radius 3 is 2.75 bits per heavy atom. The fourth-order valence-corrected chi connectivity index (χ4v) is 1.46. The molecule has 0 radical (unpaired) electrons. The molecule has 84 valence electrons. The van der Waals surface area contributed by atoms with Crippen LogP contribution < -0.4 is 5.32 Å². The van der Waals surface area contributed by atoms with Gasteiger partial charge in [-0.3, -0.25) is 4.68 Å². The summed E-state index contributed by atoms with van der Waals surface area (Å²) in [6.07, 6.45) is 3.69. The number of nitrogens with one attached hydrogen (secondary N) is 1. The van der Waals surface area contributed by atoms with Crippen LogP contribution in [0, 0.1) is 5.82 Å².